The summed E-state index contributed by atoms with van der Waals surface area (Å²) < 4.78 is 0. The normalized spacial score (nSPS) is 9.81. The standard InChI is InChI=1S/C13H26O2.HI/c1-2-3-4-5-6-7-8-9-10-11-12-13(14)15;/h2-12H2,1H3,(H,14,15);1H. The highest BCUT2D eigenvalue weighted by molar-refractivity contribution is 14.0. The monoisotopic (exact) mass is 342 g/mol. The van der Waals surface area contributed by atoms with E-state index >= 15 is 0 Å². The fourth-order valence-corrected chi connectivity index (χ4v) is 1.76. The first kappa shape index (κ1) is 18.6. The van der Waals surface area contributed by atoms with Crippen molar-refractivity contribution in [3.63, 3.8) is 0 Å². The van der Waals surface area contributed by atoms with Gasteiger partial charge in [0.15, 0.2) is 0 Å². The maximum Gasteiger partial charge on any atom is 0.303 e. The molecule has 0 aromatic heterocycles. The quantitative estimate of drug-likeness (QED) is 0.424. The van der Waals surface area contributed by atoms with Gasteiger partial charge in [0, 0.05) is 6.42 Å². The second-order valence-electron chi connectivity index (χ2n) is 4.33. The van der Waals surface area contributed by atoms with Gasteiger partial charge in [-0.2, -0.15) is 0 Å². The maximum atomic E-state index is 10.2. The molecule has 0 heterocycles. The second-order valence-corrected chi connectivity index (χ2v) is 4.33. The minimum atomic E-state index is -0.658. The third kappa shape index (κ3) is 16.6. The predicted molar refractivity (Wildman–Crippen MR) is 79.5 cm³/mol. The largest absolute Gasteiger partial charge is 0.481 e. The Hall–Kier alpha value is 0.200. The first-order valence-corrected chi connectivity index (χ1v) is 6.49. The highest BCUT2D eigenvalue weighted by atomic mass is 127. The van der Waals surface area contributed by atoms with Gasteiger partial charge in [0.05, 0.1) is 0 Å². The Morgan fingerprint density at radius 1 is 0.812 bits per heavy atom. The number of aliphatic carboxylic acids is 1. The average Bonchev–Trinajstić information content (AvgIpc) is 2.20. The molecule has 0 saturated carbocycles. The molecule has 0 fully saturated rings. The smallest absolute Gasteiger partial charge is 0.303 e. The third-order valence-electron chi connectivity index (χ3n) is 2.74. The summed E-state index contributed by atoms with van der Waals surface area (Å²) in [6.45, 7) is 2.24. The summed E-state index contributed by atoms with van der Waals surface area (Å²) in [4.78, 5) is 10.2. The number of carboxylic acids is 1. The lowest BCUT2D eigenvalue weighted by Gasteiger charge is -2.01. The number of hydrogen-bond donors (Lipinski definition) is 1. The average molecular weight is 342 g/mol. The number of carbonyl (C=O) groups is 1. The molecule has 0 saturated heterocycles. The zero-order valence-corrected chi connectivity index (χ0v) is 12.9. The molecule has 3 heteroatoms. The topological polar surface area (TPSA) is 37.3 Å². The van der Waals surface area contributed by atoms with Crippen molar-refractivity contribution < 1.29 is 9.90 Å². The molecule has 0 aliphatic heterocycles. The van der Waals surface area contributed by atoms with Crippen LogP contribution in [0.3, 0.4) is 0 Å². The van der Waals surface area contributed by atoms with Gasteiger partial charge in [-0.05, 0) is 6.42 Å². The van der Waals surface area contributed by atoms with E-state index < -0.39 is 5.97 Å². The van der Waals surface area contributed by atoms with Crippen LogP contribution in [-0.4, -0.2) is 11.1 Å². The Kier molecular flexibility index (Phi) is 17.6. The second kappa shape index (κ2) is 15.2. The summed E-state index contributed by atoms with van der Waals surface area (Å²) in [6, 6.07) is 0. The van der Waals surface area contributed by atoms with Crippen LogP contribution in [0.15, 0.2) is 0 Å². The lowest BCUT2D eigenvalue weighted by molar-refractivity contribution is -0.137. The molecule has 0 aliphatic carbocycles. The predicted octanol–water partition coefficient (Wildman–Crippen LogP) is 5.00. The minimum Gasteiger partial charge on any atom is -0.481 e. The Bertz CT molecular complexity index is 149. The molecule has 0 aliphatic rings. The van der Waals surface area contributed by atoms with Gasteiger partial charge in [-0.3, -0.25) is 4.79 Å². The molecular weight excluding hydrogens is 315 g/mol. The number of halogens is 1. The molecule has 0 atom stereocenters. The first-order chi connectivity index (χ1) is 7.27. The number of carboxylic acid groups (broad SMARTS) is 1. The summed E-state index contributed by atoms with van der Waals surface area (Å²) >= 11 is 0. The molecule has 1 N–H and O–H groups in total. The summed E-state index contributed by atoms with van der Waals surface area (Å²) in [6.07, 6.45) is 12.9. The van der Waals surface area contributed by atoms with Crippen molar-refractivity contribution in [3.8, 4) is 0 Å². The summed E-state index contributed by atoms with van der Waals surface area (Å²) in [5.74, 6) is -0.658. The molecule has 98 valence electrons. The SMILES string of the molecule is CCCCCCCCCCCCC(=O)O.I. The van der Waals surface area contributed by atoms with Gasteiger partial charge in [0.25, 0.3) is 0 Å². The van der Waals surface area contributed by atoms with Gasteiger partial charge in [0.1, 0.15) is 0 Å². The Morgan fingerprint density at radius 2 is 1.19 bits per heavy atom. The van der Waals surface area contributed by atoms with E-state index in [0.717, 1.165) is 12.8 Å². The van der Waals surface area contributed by atoms with Crippen molar-refractivity contribution in [2.24, 2.45) is 0 Å². The van der Waals surface area contributed by atoms with Gasteiger partial charge >= 0.3 is 5.97 Å². The van der Waals surface area contributed by atoms with Gasteiger partial charge in [-0.1, -0.05) is 64.7 Å². The Morgan fingerprint density at radius 3 is 1.56 bits per heavy atom. The molecule has 0 unspecified atom stereocenters. The van der Waals surface area contributed by atoms with Crippen molar-refractivity contribution >= 4 is 29.9 Å². The fourth-order valence-electron chi connectivity index (χ4n) is 1.76. The summed E-state index contributed by atoms with van der Waals surface area (Å²) in [7, 11) is 0. The molecule has 0 amide bonds. The lowest BCUT2D eigenvalue weighted by Crippen LogP contribution is -1.93. The number of hydrogen-bond acceptors (Lipinski definition) is 1. The van der Waals surface area contributed by atoms with Crippen molar-refractivity contribution in [2.75, 3.05) is 0 Å². The van der Waals surface area contributed by atoms with E-state index in [1.807, 2.05) is 0 Å². The molecule has 0 aromatic rings. The van der Waals surface area contributed by atoms with E-state index in [1.165, 1.54) is 51.4 Å². The van der Waals surface area contributed by atoms with Crippen LogP contribution in [-0.2, 0) is 4.79 Å². The van der Waals surface area contributed by atoms with Crippen molar-refractivity contribution in [2.45, 2.75) is 77.6 Å². The molecule has 0 aromatic carbocycles. The van der Waals surface area contributed by atoms with E-state index in [1.54, 1.807) is 0 Å². The van der Waals surface area contributed by atoms with Crippen LogP contribution in [0.2, 0.25) is 0 Å². The van der Waals surface area contributed by atoms with Crippen LogP contribution in [0.1, 0.15) is 77.6 Å². The highest BCUT2D eigenvalue weighted by Crippen LogP contribution is 2.10. The van der Waals surface area contributed by atoms with E-state index in [0.29, 0.717) is 6.42 Å². The van der Waals surface area contributed by atoms with Gasteiger partial charge in [0.2, 0.25) is 0 Å². The third-order valence-corrected chi connectivity index (χ3v) is 2.74. The van der Waals surface area contributed by atoms with Crippen LogP contribution in [0.4, 0.5) is 0 Å². The van der Waals surface area contributed by atoms with Gasteiger partial charge < -0.3 is 5.11 Å². The van der Waals surface area contributed by atoms with Crippen LogP contribution in [0, 0.1) is 0 Å². The van der Waals surface area contributed by atoms with Gasteiger partial charge in [-0.15, -0.1) is 24.0 Å². The Labute approximate surface area is 117 Å². The van der Waals surface area contributed by atoms with Crippen molar-refractivity contribution in [1.82, 2.24) is 0 Å². The molecule has 16 heavy (non-hydrogen) atoms. The number of unbranched alkanes of at least 4 members (excludes halogenated alkanes) is 9. The molecule has 0 rings (SSSR count). The van der Waals surface area contributed by atoms with E-state index in [2.05, 4.69) is 6.92 Å². The molecule has 2 nitrogen and oxygen atoms in total. The molecule has 0 radical (unpaired) electrons. The van der Waals surface area contributed by atoms with Gasteiger partial charge in [-0.25, -0.2) is 0 Å². The maximum absolute atomic E-state index is 10.2. The van der Waals surface area contributed by atoms with Crippen LogP contribution < -0.4 is 0 Å². The van der Waals surface area contributed by atoms with Crippen LogP contribution in [0.25, 0.3) is 0 Å². The van der Waals surface area contributed by atoms with Crippen LogP contribution >= 0.6 is 24.0 Å². The van der Waals surface area contributed by atoms with Crippen LogP contribution in [0.5, 0.6) is 0 Å². The van der Waals surface area contributed by atoms with E-state index in [-0.39, 0.29) is 24.0 Å². The number of rotatable bonds is 11. The summed E-state index contributed by atoms with van der Waals surface area (Å²) in [5, 5.41) is 8.44. The van der Waals surface area contributed by atoms with E-state index in [4.69, 9.17) is 5.11 Å². The molecule has 0 spiro atoms. The fraction of sp³-hybridized carbons (Fsp3) is 0.923. The highest BCUT2D eigenvalue weighted by Gasteiger charge is 1.96. The van der Waals surface area contributed by atoms with Crippen molar-refractivity contribution in [1.29, 1.82) is 0 Å². The minimum absolute atomic E-state index is 0. The first-order valence-electron chi connectivity index (χ1n) is 6.49. The summed E-state index contributed by atoms with van der Waals surface area (Å²) in [5.41, 5.74) is 0. The Balaban J connectivity index is 0. The molecule has 0 bridgehead atoms. The molecular formula is C13H27IO2. The van der Waals surface area contributed by atoms with Crippen molar-refractivity contribution in [3.05, 3.63) is 0 Å². The van der Waals surface area contributed by atoms with E-state index in [9.17, 15) is 4.79 Å². The zero-order chi connectivity index (χ0) is 11.4. The zero-order valence-electron chi connectivity index (χ0n) is 10.5. The lowest BCUT2D eigenvalue weighted by atomic mass is 10.1.